The van der Waals surface area contributed by atoms with Gasteiger partial charge in [-0.3, -0.25) is 4.79 Å². The van der Waals surface area contributed by atoms with Crippen LogP contribution in [0.3, 0.4) is 0 Å². The van der Waals surface area contributed by atoms with Gasteiger partial charge in [0, 0.05) is 12.1 Å². The zero-order chi connectivity index (χ0) is 10.1. The van der Waals surface area contributed by atoms with Gasteiger partial charge in [0.15, 0.2) is 0 Å². The summed E-state index contributed by atoms with van der Waals surface area (Å²) in [5.41, 5.74) is 0.720. The lowest BCUT2D eigenvalue weighted by molar-refractivity contribution is -0.117. The third-order valence-electron chi connectivity index (χ3n) is 1.97. The maximum atomic E-state index is 11.3. The molecule has 0 aliphatic rings. The van der Waals surface area contributed by atoms with Gasteiger partial charge in [-0.15, -0.1) is 0 Å². The SMILES string of the molecule is C=C(CCCC)C(=O)NCCCC. The van der Waals surface area contributed by atoms with Gasteiger partial charge in [-0.05, 0) is 19.3 Å². The molecule has 13 heavy (non-hydrogen) atoms. The summed E-state index contributed by atoms with van der Waals surface area (Å²) in [6, 6.07) is 0. The lowest BCUT2D eigenvalue weighted by atomic mass is 10.1. The first kappa shape index (κ1) is 12.2. The highest BCUT2D eigenvalue weighted by atomic mass is 16.1. The van der Waals surface area contributed by atoms with Crippen molar-refractivity contribution in [3.63, 3.8) is 0 Å². The van der Waals surface area contributed by atoms with Crippen LogP contribution in [0.4, 0.5) is 0 Å². The molecule has 1 N–H and O–H groups in total. The number of nitrogens with one attached hydrogen (secondary N) is 1. The Morgan fingerprint density at radius 3 is 2.38 bits per heavy atom. The second kappa shape index (κ2) is 7.84. The largest absolute Gasteiger partial charge is 0.352 e. The highest BCUT2D eigenvalue weighted by Gasteiger charge is 2.04. The molecule has 0 bridgehead atoms. The summed E-state index contributed by atoms with van der Waals surface area (Å²) >= 11 is 0. The van der Waals surface area contributed by atoms with Crippen LogP contribution >= 0.6 is 0 Å². The van der Waals surface area contributed by atoms with Gasteiger partial charge >= 0.3 is 0 Å². The van der Waals surface area contributed by atoms with Gasteiger partial charge in [0.05, 0.1) is 0 Å². The number of hydrogen-bond acceptors (Lipinski definition) is 1. The molecule has 0 aliphatic carbocycles. The van der Waals surface area contributed by atoms with Crippen molar-refractivity contribution in [2.75, 3.05) is 6.54 Å². The van der Waals surface area contributed by atoms with E-state index in [2.05, 4.69) is 25.7 Å². The van der Waals surface area contributed by atoms with Crippen LogP contribution in [0.2, 0.25) is 0 Å². The fourth-order valence-electron chi connectivity index (χ4n) is 1.01. The van der Waals surface area contributed by atoms with E-state index in [0.717, 1.165) is 44.2 Å². The average molecular weight is 183 g/mol. The number of carbonyl (C=O) groups excluding carboxylic acids is 1. The van der Waals surface area contributed by atoms with Gasteiger partial charge in [-0.1, -0.05) is 33.3 Å². The van der Waals surface area contributed by atoms with Crippen molar-refractivity contribution in [1.82, 2.24) is 5.32 Å². The monoisotopic (exact) mass is 183 g/mol. The molecular weight excluding hydrogens is 162 g/mol. The molecular formula is C11H21NO. The first-order valence-corrected chi connectivity index (χ1v) is 5.18. The van der Waals surface area contributed by atoms with E-state index in [0.29, 0.717) is 0 Å². The van der Waals surface area contributed by atoms with E-state index in [4.69, 9.17) is 0 Å². The van der Waals surface area contributed by atoms with Crippen LogP contribution in [-0.2, 0) is 4.79 Å². The maximum absolute atomic E-state index is 11.3. The van der Waals surface area contributed by atoms with Crippen molar-refractivity contribution in [3.8, 4) is 0 Å². The first-order valence-electron chi connectivity index (χ1n) is 5.18. The molecule has 0 aromatic heterocycles. The van der Waals surface area contributed by atoms with Crippen LogP contribution in [0.5, 0.6) is 0 Å². The number of amides is 1. The molecule has 0 rings (SSSR count). The highest BCUT2D eigenvalue weighted by Crippen LogP contribution is 2.04. The predicted molar refractivity (Wildman–Crippen MR) is 56.6 cm³/mol. The second-order valence-electron chi connectivity index (χ2n) is 3.32. The molecule has 0 spiro atoms. The number of rotatable bonds is 7. The smallest absolute Gasteiger partial charge is 0.246 e. The molecule has 0 radical (unpaired) electrons. The molecule has 0 unspecified atom stereocenters. The summed E-state index contributed by atoms with van der Waals surface area (Å²) in [7, 11) is 0. The Labute approximate surface area is 81.4 Å². The van der Waals surface area contributed by atoms with E-state index >= 15 is 0 Å². The molecule has 2 heteroatoms. The quantitative estimate of drug-likeness (QED) is 0.477. The molecule has 76 valence electrons. The lowest BCUT2D eigenvalue weighted by Gasteiger charge is -2.05. The Morgan fingerprint density at radius 1 is 1.23 bits per heavy atom. The molecule has 0 heterocycles. The van der Waals surface area contributed by atoms with Crippen LogP contribution in [0.25, 0.3) is 0 Å². The predicted octanol–water partition coefficient (Wildman–Crippen LogP) is 2.65. The number of hydrogen-bond donors (Lipinski definition) is 1. The Balaban J connectivity index is 3.51. The van der Waals surface area contributed by atoms with Gasteiger partial charge in [0.2, 0.25) is 5.91 Å². The highest BCUT2D eigenvalue weighted by molar-refractivity contribution is 5.92. The summed E-state index contributed by atoms with van der Waals surface area (Å²) in [6.07, 6.45) is 5.16. The third-order valence-corrected chi connectivity index (χ3v) is 1.97. The van der Waals surface area contributed by atoms with E-state index in [1.54, 1.807) is 0 Å². The van der Waals surface area contributed by atoms with Crippen LogP contribution < -0.4 is 5.32 Å². The van der Waals surface area contributed by atoms with Crippen molar-refractivity contribution in [3.05, 3.63) is 12.2 Å². The molecule has 0 aliphatic heterocycles. The Bertz CT molecular complexity index is 163. The van der Waals surface area contributed by atoms with Crippen LogP contribution in [-0.4, -0.2) is 12.5 Å². The van der Waals surface area contributed by atoms with E-state index in [1.165, 1.54) is 0 Å². The standard InChI is InChI=1S/C11H21NO/c1-4-6-8-10(3)11(13)12-9-7-5-2/h3-9H2,1-2H3,(H,12,13). The lowest BCUT2D eigenvalue weighted by Crippen LogP contribution is -2.25. The Hall–Kier alpha value is -0.790. The normalized spacial score (nSPS) is 9.69. The Kier molecular flexibility index (Phi) is 7.36. The molecule has 0 atom stereocenters. The average Bonchev–Trinajstić information content (AvgIpc) is 2.14. The van der Waals surface area contributed by atoms with Crippen molar-refractivity contribution >= 4 is 5.91 Å². The molecule has 0 saturated heterocycles. The van der Waals surface area contributed by atoms with Gasteiger partial charge in [-0.25, -0.2) is 0 Å². The molecule has 2 nitrogen and oxygen atoms in total. The minimum Gasteiger partial charge on any atom is -0.352 e. The van der Waals surface area contributed by atoms with Gasteiger partial charge < -0.3 is 5.32 Å². The third kappa shape index (κ3) is 6.38. The van der Waals surface area contributed by atoms with Crippen LogP contribution in [0.15, 0.2) is 12.2 Å². The second-order valence-corrected chi connectivity index (χ2v) is 3.32. The summed E-state index contributed by atoms with van der Waals surface area (Å²) in [5, 5.41) is 2.85. The van der Waals surface area contributed by atoms with Crippen LogP contribution in [0, 0.1) is 0 Å². The van der Waals surface area contributed by atoms with Crippen molar-refractivity contribution < 1.29 is 4.79 Å². The topological polar surface area (TPSA) is 29.1 Å². The maximum Gasteiger partial charge on any atom is 0.246 e. The van der Waals surface area contributed by atoms with Crippen molar-refractivity contribution in [2.45, 2.75) is 46.0 Å². The minimum atomic E-state index is 0.0295. The van der Waals surface area contributed by atoms with Gasteiger partial charge in [-0.2, -0.15) is 0 Å². The van der Waals surface area contributed by atoms with Gasteiger partial charge in [0.1, 0.15) is 0 Å². The molecule has 1 amide bonds. The zero-order valence-electron chi connectivity index (χ0n) is 8.86. The summed E-state index contributed by atoms with van der Waals surface area (Å²) in [5.74, 6) is 0.0295. The van der Waals surface area contributed by atoms with E-state index < -0.39 is 0 Å². The molecule has 0 aromatic rings. The summed E-state index contributed by atoms with van der Waals surface area (Å²) in [6.45, 7) is 8.76. The van der Waals surface area contributed by atoms with Crippen molar-refractivity contribution in [1.29, 1.82) is 0 Å². The molecule has 0 aromatic carbocycles. The van der Waals surface area contributed by atoms with Crippen LogP contribution in [0.1, 0.15) is 46.0 Å². The van der Waals surface area contributed by atoms with Gasteiger partial charge in [0.25, 0.3) is 0 Å². The minimum absolute atomic E-state index is 0.0295. The van der Waals surface area contributed by atoms with E-state index in [1.807, 2.05) is 0 Å². The molecule has 0 saturated carbocycles. The first-order chi connectivity index (χ1) is 6.22. The number of carbonyl (C=O) groups is 1. The Morgan fingerprint density at radius 2 is 1.85 bits per heavy atom. The molecule has 0 fully saturated rings. The van der Waals surface area contributed by atoms with E-state index in [9.17, 15) is 4.79 Å². The fourth-order valence-corrected chi connectivity index (χ4v) is 1.01. The zero-order valence-corrected chi connectivity index (χ0v) is 8.86. The van der Waals surface area contributed by atoms with Crippen molar-refractivity contribution in [2.24, 2.45) is 0 Å². The summed E-state index contributed by atoms with van der Waals surface area (Å²) < 4.78 is 0. The van der Waals surface area contributed by atoms with E-state index in [-0.39, 0.29) is 5.91 Å². The summed E-state index contributed by atoms with van der Waals surface area (Å²) in [4.78, 5) is 11.3. The number of unbranched alkanes of at least 4 members (excludes halogenated alkanes) is 2. The fraction of sp³-hybridized carbons (Fsp3) is 0.727.